The zero-order valence-electron chi connectivity index (χ0n) is 16.1. The van der Waals surface area contributed by atoms with E-state index in [0.717, 1.165) is 25.9 Å². The highest BCUT2D eigenvalue weighted by Gasteiger charge is 2.16. The first kappa shape index (κ1) is 20.2. The maximum atomic E-state index is 12.8. The van der Waals surface area contributed by atoms with Crippen molar-refractivity contribution in [3.05, 3.63) is 86.5 Å². The van der Waals surface area contributed by atoms with Gasteiger partial charge < -0.3 is 14.8 Å². The van der Waals surface area contributed by atoms with Crippen molar-refractivity contribution in [1.29, 1.82) is 0 Å². The van der Waals surface area contributed by atoms with Gasteiger partial charge in [-0.15, -0.1) is 0 Å². The molecule has 3 aromatic carbocycles. The number of ether oxygens (including phenoxy) is 2. The van der Waals surface area contributed by atoms with Crippen LogP contribution in [0.25, 0.3) is 0 Å². The number of halogens is 1. The van der Waals surface area contributed by atoms with E-state index in [1.54, 1.807) is 19.2 Å². The smallest absolute Gasteiger partial charge is 0.255 e. The van der Waals surface area contributed by atoms with Gasteiger partial charge in [0.1, 0.15) is 6.61 Å². The number of carbonyl (C=O) groups is 1. The second-order valence-corrected chi connectivity index (χ2v) is 7.70. The zero-order valence-corrected chi connectivity index (χ0v) is 18.2. The van der Waals surface area contributed by atoms with Crippen LogP contribution in [0.4, 0.5) is 5.69 Å². The molecule has 0 aliphatic rings. The molecule has 0 aliphatic carbocycles. The van der Waals surface area contributed by atoms with Crippen molar-refractivity contribution in [2.24, 2.45) is 0 Å². The second-order valence-electron chi connectivity index (χ2n) is 6.54. The van der Waals surface area contributed by atoms with Crippen LogP contribution in [0, 0.1) is 17.4 Å². The first-order valence-corrected chi connectivity index (χ1v) is 9.98. The Balaban J connectivity index is 1.85. The topological polar surface area (TPSA) is 47.6 Å². The molecular formula is C23H22INO3. The summed E-state index contributed by atoms with van der Waals surface area (Å²) in [6, 6.07) is 19.4. The molecule has 0 heterocycles. The van der Waals surface area contributed by atoms with Crippen molar-refractivity contribution >= 4 is 34.2 Å². The standard InChI is InChI=1S/C23H22INO3/c1-15-9-10-16(2)20(11-15)25-23(26)18-12-19(24)22(27-3)21(13-18)28-14-17-7-5-4-6-8-17/h4-13H,14H2,1-3H3,(H,25,26). The molecule has 4 nitrogen and oxygen atoms in total. The molecule has 0 saturated heterocycles. The molecule has 5 heteroatoms. The van der Waals surface area contributed by atoms with Gasteiger partial charge >= 0.3 is 0 Å². The number of hydrogen-bond donors (Lipinski definition) is 1. The fourth-order valence-corrected chi connectivity index (χ4v) is 3.63. The monoisotopic (exact) mass is 487 g/mol. The van der Waals surface area contributed by atoms with Crippen LogP contribution < -0.4 is 14.8 Å². The fourth-order valence-electron chi connectivity index (χ4n) is 2.80. The molecule has 3 aromatic rings. The third kappa shape index (κ3) is 4.84. The SMILES string of the molecule is COc1c(I)cc(C(=O)Nc2cc(C)ccc2C)cc1OCc1ccccc1. The highest BCUT2D eigenvalue weighted by Crippen LogP contribution is 2.34. The van der Waals surface area contributed by atoms with Gasteiger partial charge in [0.2, 0.25) is 0 Å². The van der Waals surface area contributed by atoms with E-state index < -0.39 is 0 Å². The van der Waals surface area contributed by atoms with Gasteiger partial charge in [0.05, 0.1) is 10.7 Å². The number of nitrogens with one attached hydrogen (secondary N) is 1. The van der Waals surface area contributed by atoms with Gasteiger partial charge in [-0.3, -0.25) is 4.79 Å². The maximum Gasteiger partial charge on any atom is 0.255 e. The van der Waals surface area contributed by atoms with Crippen molar-refractivity contribution in [3.63, 3.8) is 0 Å². The highest BCUT2D eigenvalue weighted by molar-refractivity contribution is 14.1. The number of rotatable bonds is 6. The molecule has 0 fully saturated rings. The molecule has 0 spiro atoms. The predicted molar refractivity (Wildman–Crippen MR) is 120 cm³/mol. The normalized spacial score (nSPS) is 10.4. The molecule has 144 valence electrons. The minimum Gasteiger partial charge on any atom is -0.492 e. The quantitative estimate of drug-likeness (QED) is 0.451. The molecular weight excluding hydrogens is 465 g/mol. The van der Waals surface area contributed by atoms with Gasteiger partial charge in [-0.2, -0.15) is 0 Å². The van der Waals surface area contributed by atoms with Crippen molar-refractivity contribution in [2.45, 2.75) is 20.5 Å². The van der Waals surface area contributed by atoms with E-state index in [1.807, 2.05) is 62.4 Å². The molecule has 0 radical (unpaired) electrons. The second kappa shape index (κ2) is 9.10. The van der Waals surface area contributed by atoms with Crippen LogP contribution in [0.15, 0.2) is 60.7 Å². The van der Waals surface area contributed by atoms with Gasteiger partial charge in [0, 0.05) is 11.3 Å². The van der Waals surface area contributed by atoms with Gasteiger partial charge in [0.15, 0.2) is 11.5 Å². The van der Waals surface area contributed by atoms with Crippen LogP contribution >= 0.6 is 22.6 Å². The minimum absolute atomic E-state index is 0.182. The number of carbonyl (C=O) groups excluding carboxylic acids is 1. The number of hydrogen-bond acceptors (Lipinski definition) is 3. The average molecular weight is 487 g/mol. The Morgan fingerprint density at radius 3 is 2.50 bits per heavy atom. The van der Waals surface area contributed by atoms with Crippen LogP contribution in [-0.4, -0.2) is 13.0 Å². The Labute approximate surface area is 179 Å². The van der Waals surface area contributed by atoms with Crippen LogP contribution in [0.3, 0.4) is 0 Å². The fraction of sp³-hybridized carbons (Fsp3) is 0.174. The van der Waals surface area contributed by atoms with Crippen molar-refractivity contribution < 1.29 is 14.3 Å². The number of benzene rings is 3. The summed E-state index contributed by atoms with van der Waals surface area (Å²) >= 11 is 2.16. The van der Waals surface area contributed by atoms with Gasteiger partial charge in [-0.05, 0) is 71.3 Å². The number of anilines is 1. The maximum absolute atomic E-state index is 12.8. The summed E-state index contributed by atoms with van der Waals surface area (Å²) in [4.78, 5) is 12.8. The third-order valence-corrected chi connectivity index (χ3v) is 5.16. The lowest BCUT2D eigenvalue weighted by Crippen LogP contribution is -2.14. The molecule has 0 atom stereocenters. The van der Waals surface area contributed by atoms with E-state index >= 15 is 0 Å². The van der Waals surface area contributed by atoms with Crippen LogP contribution in [-0.2, 0) is 6.61 Å². The number of methoxy groups -OCH3 is 1. The molecule has 0 aliphatic heterocycles. The predicted octanol–water partition coefficient (Wildman–Crippen LogP) is 5.75. The van der Waals surface area contributed by atoms with E-state index in [1.165, 1.54) is 0 Å². The molecule has 1 N–H and O–H groups in total. The van der Waals surface area contributed by atoms with Crippen LogP contribution in [0.5, 0.6) is 11.5 Å². The molecule has 1 amide bonds. The van der Waals surface area contributed by atoms with Crippen molar-refractivity contribution in [2.75, 3.05) is 12.4 Å². The van der Waals surface area contributed by atoms with E-state index in [9.17, 15) is 4.79 Å². The summed E-state index contributed by atoms with van der Waals surface area (Å²) < 4.78 is 12.3. The lowest BCUT2D eigenvalue weighted by molar-refractivity contribution is 0.102. The Kier molecular flexibility index (Phi) is 6.57. The first-order chi connectivity index (χ1) is 13.5. The Hall–Kier alpha value is -2.54. The summed E-state index contributed by atoms with van der Waals surface area (Å²) in [5, 5.41) is 2.99. The average Bonchev–Trinajstić information content (AvgIpc) is 2.69. The Morgan fingerprint density at radius 2 is 1.79 bits per heavy atom. The minimum atomic E-state index is -0.182. The first-order valence-electron chi connectivity index (χ1n) is 8.91. The summed E-state index contributed by atoms with van der Waals surface area (Å²) in [7, 11) is 1.60. The lowest BCUT2D eigenvalue weighted by atomic mass is 10.1. The Bertz CT molecular complexity index is 987. The highest BCUT2D eigenvalue weighted by atomic mass is 127. The molecule has 0 unspecified atom stereocenters. The van der Waals surface area contributed by atoms with E-state index in [4.69, 9.17) is 9.47 Å². The van der Waals surface area contributed by atoms with E-state index in [2.05, 4.69) is 27.9 Å². The van der Waals surface area contributed by atoms with E-state index in [-0.39, 0.29) is 5.91 Å². The number of amides is 1. The summed E-state index contributed by atoms with van der Waals surface area (Å²) in [6.07, 6.45) is 0. The molecule has 3 rings (SSSR count). The van der Waals surface area contributed by atoms with Gasteiger partial charge in [-0.1, -0.05) is 42.5 Å². The zero-order chi connectivity index (χ0) is 20.1. The summed E-state index contributed by atoms with van der Waals surface area (Å²) in [6.45, 7) is 4.37. The van der Waals surface area contributed by atoms with Crippen LogP contribution in [0.1, 0.15) is 27.0 Å². The van der Waals surface area contributed by atoms with Gasteiger partial charge in [0.25, 0.3) is 5.91 Å². The van der Waals surface area contributed by atoms with Crippen molar-refractivity contribution in [3.8, 4) is 11.5 Å². The summed E-state index contributed by atoms with van der Waals surface area (Å²) in [5.41, 5.74) is 4.49. The number of aryl methyl sites for hydroxylation is 2. The Morgan fingerprint density at radius 1 is 1.04 bits per heavy atom. The summed E-state index contributed by atoms with van der Waals surface area (Å²) in [5.74, 6) is 0.989. The third-order valence-electron chi connectivity index (χ3n) is 4.35. The van der Waals surface area contributed by atoms with Crippen LogP contribution in [0.2, 0.25) is 0 Å². The molecule has 0 bridgehead atoms. The van der Waals surface area contributed by atoms with Crippen molar-refractivity contribution in [1.82, 2.24) is 0 Å². The molecule has 0 saturated carbocycles. The molecule has 28 heavy (non-hydrogen) atoms. The van der Waals surface area contributed by atoms with E-state index in [0.29, 0.717) is 23.7 Å². The van der Waals surface area contributed by atoms with Gasteiger partial charge in [-0.25, -0.2) is 0 Å². The largest absolute Gasteiger partial charge is 0.492 e. The lowest BCUT2D eigenvalue weighted by Gasteiger charge is -2.15. The molecule has 0 aromatic heterocycles.